The van der Waals surface area contributed by atoms with Crippen molar-refractivity contribution in [3.05, 3.63) is 29.0 Å². The van der Waals surface area contributed by atoms with Gasteiger partial charge in [-0.15, -0.1) is 0 Å². The third-order valence-corrected chi connectivity index (χ3v) is 5.01. The van der Waals surface area contributed by atoms with Crippen molar-refractivity contribution in [2.24, 2.45) is 0 Å². The molecule has 19 heavy (non-hydrogen) atoms. The van der Waals surface area contributed by atoms with Gasteiger partial charge in [0.15, 0.2) is 0 Å². The Kier molecular flexibility index (Phi) is 4.45. The highest BCUT2D eigenvalue weighted by Crippen LogP contribution is 2.20. The van der Waals surface area contributed by atoms with Crippen molar-refractivity contribution in [1.82, 2.24) is 9.62 Å². The van der Waals surface area contributed by atoms with E-state index in [1.807, 2.05) is 7.05 Å². The Morgan fingerprint density at radius 1 is 1.37 bits per heavy atom. The van der Waals surface area contributed by atoms with E-state index in [1.54, 1.807) is 0 Å². The molecule has 1 aromatic rings. The summed E-state index contributed by atoms with van der Waals surface area (Å²) in [4.78, 5) is 1.78. The Bertz CT molecular complexity index is 557. The summed E-state index contributed by atoms with van der Waals surface area (Å²) in [5, 5.41) is 0.177. The Hall–Kier alpha value is -0.690. The van der Waals surface area contributed by atoms with Crippen molar-refractivity contribution >= 4 is 21.6 Å². The number of rotatable bonds is 3. The minimum Gasteiger partial charge on any atom is -0.306 e. The lowest BCUT2D eigenvalue weighted by atomic mass is 10.1. The zero-order chi connectivity index (χ0) is 14.0. The lowest BCUT2D eigenvalue weighted by Crippen LogP contribution is -2.43. The second-order valence-electron chi connectivity index (χ2n) is 4.77. The van der Waals surface area contributed by atoms with Crippen LogP contribution in [0.5, 0.6) is 0 Å². The van der Waals surface area contributed by atoms with E-state index in [9.17, 15) is 12.8 Å². The number of sulfonamides is 1. The van der Waals surface area contributed by atoms with Crippen LogP contribution < -0.4 is 4.72 Å². The third-order valence-electron chi connectivity index (χ3n) is 3.22. The van der Waals surface area contributed by atoms with Crippen molar-refractivity contribution in [1.29, 1.82) is 0 Å². The molecule has 0 bridgehead atoms. The largest absolute Gasteiger partial charge is 0.306 e. The topological polar surface area (TPSA) is 49.4 Å². The third kappa shape index (κ3) is 3.66. The van der Waals surface area contributed by atoms with Crippen LogP contribution in [0.2, 0.25) is 5.02 Å². The molecule has 1 heterocycles. The van der Waals surface area contributed by atoms with Crippen LogP contribution in [0.1, 0.15) is 12.8 Å². The normalized spacial score (nSPS) is 18.7. The van der Waals surface area contributed by atoms with Crippen molar-refractivity contribution < 1.29 is 12.8 Å². The maximum atomic E-state index is 13.7. The summed E-state index contributed by atoms with van der Waals surface area (Å²) in [6.45, 7) is 1.66. The molecule has 106 valence electrons. The smallest absolute Gasteiger partial charge is 0.243 e. The predicted octanol–water partition coefficient (Wildman–Crippen LogP) is 1.85. The molecule has 0 atom stereocenters. The molecule has 1 aliphatic heterocycles. The number of piperidine rings is 1. The second kappa shape index (κ2) is 5.75. The molecule has 0 radical (unpaired) electrons. The first kappa shape index (κ1) is 14.7. The first-order valence-corrected chi connectivity index (χ1v) is 7.90. The van der Waals surface area contributed by atoms with Gasteiger partial charge in [-0.25, -0.2) is 17.5 Å². The van der Waals surface area contributed by atoms with E-state index in [-0.39, 0.29) is 16.0 Å². The van der Waals surface area contributed by atoms with E-state index in [4.69, 9.17) is 11.6 Å². The zero-order valence-electron chi connectivity index (χ0n) is 10.6. The molecular formula is C12H16ClFN2O2S. The molecule has 1 fully saturated rings. The van der Waals surface area contributed by atoms with E-state index in [2.05, 4.69) is 9.62 Å². The van der Waals surface area contributed by atoms with Crippen LogP contribution in [0.25, 0.3) is 0 Å². The number of halogens is 2. The number of likely N-dealkylation sites (tertiary alicyclic amines) is 1. The molecule has 0 aromatic heterocycles. The molecular weight excluding hydrogens is 291 g/mol. The van der Waals surface area contributed by atoms with Crippen LogP contribution in [0.15, 0.2) is 23.1 Å². The zero-order valence-corrected chi connectivity index (χ0v) is 12.1. The standard InChI is InChI=1S/C12H16ClFN2O2S/c1-16-6-4-10(5-7-16)15-19(17,18)12-3-2-9(13)8-11(12)14/h2-3,8,10,15H,4-7H2,1H3. The highest BCUT2D eigenvalue weighted by molar-refractivity contribution is 7.89. The van der Waals surface area contributed by atoms with Crippen LogP contribution in [0, 0.1) is 5.82 Å². The van der Waals surface area contributed by atoms with E-state index in [0.29, 0.717) is 0 Å². The van der Waals surface area contributed by atoms with Gasteiger partial charge in [0.1, 0.15) is 10.7 Å². The first-order valence-electron chi connectivity index (χ1n) is 6.04. The van der Waals surface area contributed by atoms with Gasteiger partial charge in [0.05, 0.1) is 0 Å². The van der Waals surface area contributed by atoms with Gasteiger partial charge in [-0.05, 0) is 51.2 Å². The van der Waals surface area contributed by atoms with Crippen molar-refractivity contribution in [2.75, 3.05) is 20.1 Å². The maximum Gasteiger partial charge on any atom is 0.243 e. The highest BCUT2D eigenvalue weighted by Gasteiger charge is 2.25. The van der Waals surface area contributed by atoms with Crippen LogP contribution in [-0.2, 0) is 10.0 Å². The van der Waals surface area contributed by atoms with Gasteiger partial charge in [0.25, 0.3) is 0 Å². The fourth-order valence-corrected chi connectivity index (χ4v) is 3.63. The minimum absolute atomic E-state index is 0.142. The van der Waals surface area contributed by atoms with Gasteiger partial charge in [0.2, 0.25) is 10.0 Å². The lowest BCUT2D eigenvalue weighted by molar-refractivity contribution is 0.248. The Morgan fingerprint density at radius 3 is 2.58 bits per heavy atom. The highest BCUT2D eigenvalue weighted by atomic mass is 35.5. The number of nitrogens with zero attached hydrogens (tertiary/aromatic N) is 1. The molecule has 1 N–H and O–H groups in total. The number of nitrogens with one attached hydrogen (secondary N) is 1. The van der Waals surface area contributed by atoms with Gasteiger partial charge in [-0.1, -0.05) is 11.6 Å². The van der Waals surface area contributed by atoms with Gasteiger partial charge in [0, 0.05) is 11.1 Å². The predicted molar refractivity (Wildman–Crippen MR) is 72.3 cm³/mol. The molecule has 0 saturated carbocycles. The molecule has 0 spiro atoms. The molecule has 1 aliphatic rings. The summed E-state index contributed by atoms with van der Waals surface area (Å²) in [7, 11) is -1.84. The SMILES string of the molecule is CN1CCC(NS(=O)(=O)c2ccc(Cl)cc2F)CC1. The molecule has 1 saturated heterocycles. The molecule has 0 unspecified atom stereocenters. The second-order valence-corrected chi connectivity index (χ2v) is 6.89. The molecule has 2 rings (SSSR count). The fourth-order valence-electron chi connectivity index (χ4n) is 2.10. The first-order chi connectivity index (χ1) is 8.88. The average Bonchev–Trinajstić information content (AvgIpc) is 2.31. The maximum absolute atomic E-state index is 13.7. The van der Waals surface area contributed by atoms with Crippen LogP contribution in [-0.4, -0.2) is 39.5 Å². The summed E-state index contributed by atoms with van der Waals surface area (Å²) in [6.07, 6.45) is 1.45. The molecule has 7 heteroatoms. The van der Waals surface area contributed by atoms with Crippen molar-refractivity contribution in [2.45, 2.75) is 23.8 Å². The Labute approximate surface area is 117 Å². The van der Waals surface area contributed by atoms with E-state index in [1.165, 1.54) is 12.1 Å². The van der Waals surface area contributed by atoms with Gasteiger partial charge < -0.3 is 4.90 Å². The van der Waals surface area contributed by atoms with Gasteiger partial charge in [-0.3, -0.25) is 0 Å². The van der Waals surface area contributed by atoms with E-state index < -0.39 is 15.8 Å². The summed E-state index contributed by atoms with van der Waals surface area (Å²) in [5.41, 5.74) is 0. The quantitative estimate of drug-likeness (QED) is 0.927. The lowest BCUT2D eigenvalue weighted by Gasteiger charge is -2.29. The minimum atomic E-state index is -3.83. The molecule has 0 amide bonds. The van der Waals surface area contributed by atoms with Crippen LogP contribution >= 0.6 is 11.6 Å². The van der Waals surface area contributed by atoms with Crippen LogP contribution in [0.3, 0.4) is 0 Å². The average molecular weight is 307 g/mol. The van der Waals surface area contributed by atoms with Gasteiger partial charge >= 0.3 is 0 Å². The summed E-state index contributed by atoms with van der Waals surface area (Å²) >= 11 is 5.61. The van der Waals surface area contributed by atoms with Crippen LogP contribution in [0.4, 0.5) is 4.39 Å². The summed E-state index contributed by atoms with van der Waals surface area (Å²) in [6, 6.07) is 3.42. The summed E-state index contributed by atoms with van der Waals surface area (Å²) in [5.74, 6) is -0.826. The molecule has 1 aromatic carbocycles. The molecule has 0 aliphatic carbocycles. The summed E-state index contributed by atoms with van der Waals surface area (Å²) < 4.78 is 40.4. The monoisotopic (exact) mass is 306 g/mol. The van der Waals surface area contributed by atoms with Crippen molar-refractivity contribution in [3.8, 4) is 0 Å². The van der Waals surface area contributed by atoms with E-state index in [0.717, 1.165) is 32.0 Å². The Morgan fingerprint density at radius 2 is 2.00 bits per heavy atom. The number of hydrogen-bond acceptors (Lipinski definition) is 3. The Balaban J connectivity index is 2.14. The number of hydrogen-bond donors (Lipinski definition) is 1. The van der Waals surface area contributed by atoms with Gasteiger partial charge in [-0.2, -0.15) is 0 Å². The van der Waals surface area contributed by atoms with E-state index >= 15 is 0 Å². The fraction of sp³-hybridized carbons (Fsp3) is 0.500. The van der Waals surface area contributed by atoms with Crippen molar-refractivity contribution in [3.63, 3.8) is 0 Å². The molecule has 4 nitrogen and oxygen atoms in total. The number of benzene rings is 1.